The van der Waals surface area contributed by atoms with Crippen LogP contribution in [-0.4, -0.2) is 71.8 Å². The van der Waals surface area contributed by atoms with Crippen molar-refractivity contribution in [3.63, 3.8) is 0 Å². The summed E-state index contributed by atoms with van der Waals surface area (Å²) in [4.78, 5) is 36.1. The first kappa shape index (κ1) is 33.3. The van der Waals surface area contributed by atoms with Gasteiger partial charge in [0.05, 0.1) is 51.7 Å². The zero-order chi connectivity index (χ0) is 32.8. The van der Waals surface area contributed by atoms with E-state index in [1.165, 1.54) is 38.5 Å². The second-order valence-corrected chi connectivity index (χ2v) is 15.6. The summed E-state index contributed by atoms with van der Waals surface area (Å²) >= 11 is 0. The Hall–Kier alpha value is -5.22. The van der Waals surface area contributed by atoms with Crippen LogP contribution in [0.15, 0.2) is 79.7 Å². The van der Waals surface area contributed by atoms with Crippen LogP contribution in [0.25, 0.3) is 0 Å². The van der Waals surface area contributed by atoms with Gasteiger partial charge in [0, 0.05) is 5.69 Å². The van der Waals surface area contributed by atoms with Crippen LogP contribution in [0.4, 0.5) is 28.4 Å². The van der Waals surface area contributed by atoms with Gasteiger partial charge in [-0.2, -0.15) is 18.4 Å². The van der Waals surface area contributed by atoms with Gasteiger partial charge in [-0.15, -0.1) is 15.3 Å². The Morgan fingerprint density at radius 3 is 1.86 bits per heavy atom. The maximum atomic E-state index is 13.3. The van der Waals surface area contributed by atoms with Crippen LogP contribution in [0, 0.1) is 20.2 Å². The van der Waals surface area contributed by atoms with Gasteiger partial charge in [-0.3, -0.25) is 30.4 Å². The molecule has 0 saturated carbocycles. The Morgan fingerprint density at radius 2 is 1.36 bits per heavy atom. The van der Waals surface area contributed by atoms with Crippen LogP contribution < -0.4 is 20.2 Å². The lowest BCUT2D eigenvalue weighted by atomic mass is 10.2. The number of hydrazone groups is 1. The highest BCUT2D eigenvalue weighted by Gasteiger charge is 2.23. The minimum absolute atomic E-state index is 0.0125. The first-order chi connectivity index (χ1) is 20.6. The Labute approximate surface area is 254 Å². The van der Waals surface area contributed by atoms with Crippen molar-refractivity contribution in [3.8, 4) is 11.5 Å². The van der Waals surface area contributed by atoms with E-state index in [9.17, 15) is 25.0 Å². The van der Waals surface area contributed by atoms with Crippen molar-refractivity contribution >= 4 is 82.1 Å². The second kappa shape index (κ2) is 13.4. The van der Waals surface area contributed by atoms with Gasteiger partial charge in [-0.25, -0.2) is 0 Å². The van der Waals surface area contributed by atoms with Gasteiger partial charge in [0.2, 0.25) is 0 Å². The van der Waals surface area contributed by atoms with Crippen LogP contribution in [0.1, 0.15) is 0 Å². The normalized spacial score (nSPS) is 12.0. The van der Waals surface area contributed by atoms with E-state index in [2.05, 4.69) is 49.6 Å². The quantitative estimate of drug-likeness (QED) is 0.0676. The van der Waals surface area contributed by atoms with Gasteiger partial charge in [-0.1, -0.05) is 41.7 Å². The van der Waals surface area contributed by atoms with Crippen molar-refractivity contribution in [3.05, 3.63) is 74.8 Å². The number of hydrogen-bond donors (Lipinski definition) is 2. The molecule has 0 unspecified atom stereocenters. The maximum Gasteiger partial charge on any atom is 0.297 e. The monoisotopic (exact) mass is 641 g/mol. The summed E-state index contributed by atoms with van der Waals surface area (Å²) < 4.78 is 10.6. The smallest absolute Gasteiger partial charge is 0.297 e. The number of carbonyl (C=O) groups is 1. The molecule has 2 N–H and O–H groups in total. The predicted octanol–water partition coefficient (Wildman–Crippen LogP) is 5.98. The summed E-state index contributed by atoms with van der Waals surface area (Å²) in [6.45, 7) is 0. The Morgan fingerprint density at radius 1 is 0.841 bits per heavy atom. The van der Waals surface area contributed by atoms with Gasteiger partial charge in [0.1, 0.15) is 5.69 Å². The lowest BCUT2D eigenvalue weighted by Gasteiger charge is -2.14. The molecule has 0 spiro atoms. The van der Waals surface area contributed by atoms with E-state index < -0.39 is 40.0 Å². The molecule has 3 aromatic rings. The molecule has 0 aromatic heterocycles. The van der Waals surface area contributed by atoms with Crippen molar-refractivity contribution < 1.29 is 24.1 Å². The van der Waals surface area contributed by atoms with Gasteiger partial charge in [-0.05, 0) is 36.8 Å². The lowest BCUT2D eigenvalue weighted by molar-refractivity contribution is -0.387. The maximum absolute atomic E-state index is 13.3. The summed E-state index contributed by atoms with van der Waals surface area (Å²) in [6, 6.07) is 13.7. The molecular formula is C28H31N7O7S2. The predicted molar refractivity (Wildman–Crippen MR) is 182 cm³/mol. The third-order valence-electron chi connectivity index (χ3n) is 5.77. The zero-order valence-electron chi connectivity index (χ0n) is 24.4. The Bertz CT molecular complexity index is 1910. The first-order valence-electron chi connectivity index (χ1n) is 12.3. The van der Waals surface area contributed by atoms with E-state index in [0.717, 1.165) is 0 Å². The molecule has 0 radical (unpaired) electrons. The summed E-state index contributed by atoms with van der Waals surface area (Å²) in [6.07, 6.45) is 3.35. The molecule has 0 aliphatic carbocycles. The van der Waals surface area contributed by atoms with Gasteiger partial charge in [0.15, 0.2) is 11.5 Å². The summed E-state index contributed by atoms with van der Waals surface area (Å²) in [5, 5.41) is 38.4. The number of nitrogens with zero attached hydrogens (tertiary/aromatic N) is 5. The molecule has 0 fully saturated rings. The van der Waals surface area contributed by atoms with Crippen molar-refractivity contribution in [2.45, 2.75) is 9.79 Å². The molecule has 44 heavy (non-hydrogen) atoms. The molecule has 14 nitrogen and oxygen atoms in total. The first-order valence-corrected chi connectivity index (χ1v) is 17.1. The molecule has 1 amide bonds. The number of amides is 1. The molecule has 3 aromatic carbocycles. The average molecular weight is 642 g/mol. The highest BCUT2D eigenvalue weighted by atomic mass is 32.2. The Balaban J connectivity index is 2.18. The number of hydrogen-bond acceptors (Lipinski definition) is 10. The lowest BCUT2D eigenvalue weighted by Crippen LogP contribution is -2.22. The van der Waals surface area contributed by atoms with E-state index in [0.29, 0.717) is 5.69 Å². The van der Waals surface area contributed by atoms with Crippen molar-refractivity contribution in [2.75, 3.05) is 37.5 Å². The molecule has 16 heteroatoms. The number of nitro groups is 2. The number of methoxy groups -OCH3 is 2. The van der Waals surface area contributed by atoms with Gasteiger partial charge < -0.3 is 14.8 Å². The zero-order valence-corrected chi connectivity index (χ0v) is 26.1. The number of anilines is 2. The number of rotatable bonds is 10. The van der Waals surface area contributed by atoms with E-state index in [-0.39, 0.29) is 44.0 Å². The number of para-hydroxylation sites is 1. The summed E-state index contributed by atoms with van der Waals surface area (Å²) in [5.41, 5.74) is 2.87. The molecule has 232 valence electrons. The topological polar surface area (TPSA) is 183 Å². The van der Waals surface area contributed by atoms with Crippen molar-refractivity contribution in [1.29, 1.82) is 0 Å². The fraction of sp³-hybridized carbons (Fsp3) is 0.143. The summed E-state index contributed by atoms with van der Waals surface area (Å²) in [7, 11) is -1.55. The van der Waals surface area contributed by atoms with Crippen LogP contribution in [0.2, 0.25) is 0 Å². The SMILES string of the molecule is C=S(=C)(C)c1cc(N=N/C(=N\Nc2cc(S(=C)(=C)C)c([N+](=O)[O-])cc2OC)C(=O)Nc2ccccc2)c(OC)cc1[N+](=O)[O-]. The van der Waals surface area contributed by atoms with Crippen molar-refractivity contribution in [2.24, 2.45) is 15.3 Å². The number of amidine groups is 1. The molecule has 0 aliphatic heterocycles. The molecule has 0 bridgehead atoms. The molecule has 0 aliphatic rings. The van der Waals surface area contributed by atoms with E-state index >= 15 is 0 Å². The van der Waals surface area contributed by atoms with Crippen LogP contribution in [0.3, 0.4) is 0 Å². The van der Waals surface area contributed by atoms with Crippen LogP contribution >= 0.6 is 18.4 Å². The standard InChI is InChI=1S/C28H31N7O7S2/c1-41-23-16-21(34(37)38)25(43(3,4)5)14-19(23)30-32-27(28(36)29-18-12-10-9-11-13-18)33-31-20-15-26(44(6,7)8)22(35(39)40)17-24(20)42-2/h9-17,30H,3-4,6-7H2,1-2,5,8H3,(H,29,36)/b32-27-,33-31?. The van der Waals surface area contributed by atoms with Crippen molar-refractivity contribution in [1.82, 2.24) is 0 Å². The third kappa shape index (κ3) is 7.99. The van der Waals surface area contributed by atoms with E-state index in [1.807, 2.05) is 0 Å². The minimum atomic E-state index is -2.09. The van der Waals surface area contributed by atoms with E-state index in [1.54, 1.807) is 42.8 Å². The average Bonchev–Trinajstić information content (AvgIpc) is 2.95. The summed E-state index contributed by atoms with van der Waals surface area (Å²) in [5.74, 6) is 14.7. The fourth-order valence-electron chi connectivity index (χ4n) is 3.70. The van der Waals surface area contributed by atoms with Crippen LogP contribution in [0.5, 0.6) is 11.5 Å². The highest BCUT2D eigenvalue weighted by Crippen LogP contribution is 2.44. The molecular weight excluding hydrogens is 610 g/mol. The number of nitro benzene ring substituents is 2. The largest absolute Gasteiger partial charge is 0.494 e. The Kier molecular flexibility index (Phi) is 10.1. The molecule has 3 rings (SSSR count). The number of benzene rings is 3. The number of nitrogens with one attached hydrogen (secondary N) is 2. The molecule has 0 atom stereocenters. The molecule has 0 heterocycles. The van der Waals surface area contributed by atoms with E-state index in [4.69, 9.17) is 9.47 Å². The third-order valence-corrected chi connectivity index (χ3v) is 8.54. The molecule has 0 saturated heterocycles. The minimum Gasteiger partial charge on any atom is -0.494 e. The second-order valence-electron chi connectivity index (χ2n) is 9.64. The highest BCUT2D eigenvalue weighted by molar-refractivity contribution is 8.27. The number of azo groups is 1. The van der Waals surface area contributed by atoms with Gasteiger partial charge >= 0.3 is 0 Å². The number of carbonyl (C=O) groups excluding carboxylic acids is 1. The van der Waals surface area contributed by atoms with Crippen LogP contribution in [-0.2, 0) is 4.79 Å². The van der Waals surface area contributed by atoms with Gasteiger partial charge in [0.25, 0.3) is 23.1 Å². The number of ether oxygens (including phenoxy) is 2. The fourth-order valence-corrected chi connectivity index (χ4v) is 5.78.